The molecule has 0 spiro atoms. The van der Waals surface area contributed by atoms with E-state index in [4.69, 9.17) is 0 Å². The minimum absolute atomic E-state index is 0.148. The van der Waals surface area contributed by atoms with Crippen LogP contribution < -0.4 is 0 Å². The summed E-state index contributed by atoms with van der Waals surface area (Å²) in [7, 11) is 0. The fourth-order valence-electron chi connectivity index (χ4n) is 6.02. The average molecular weight is 354 g/mol. The van der Waals surface area contributed by atoms with Gasteiger partial charge in [-0.2, -0.15) is 0 Å². The van der Waals surface area contributed by atoms with Crippen LogP contribution in [0.5, 0.6) is 0 Å². The minimum Gasteiger partial charge on any atom is -0.289 e. The van der Waals surface area contributed by atoms with E-state index in [0.717, 1.165) is 0 Å². The normalized spacial score (nSPS) is 16.7. The number of rotatable bonds is 6. The maximum atomic E-state index is 2.90. The maximum absolute atomic E-state index is 2.90. The van der Waals surface area contributed by atoms with Gasteiger partial charge in [-0.15, -0.1) is 0 Å². The average Bonchev–Trinajstić information content (AvgIpc) is 2.14. The number of hydrogen-bond acceptors (Lipinski definition) is 1. The van der Waals surface area contributed by atoms with Crippen molar-refractivity contribution in [1.29, 1.82) is 0 Å². The molecule has 1 heteroatoms. The fourth-order valence-corrected chi connectivity index (χ4v) is 6.02. The first kappa shape index (κ1) is 25.0. The Morgan fingerprint density at radius 1 is 0.560 bits per heavy atom. The Morgan fingerprint density at radius 2 is 0.840 bits per heavy atom. The number of nitrogens with zero attached hydrogens (tertiary/aromatic N) is 1. The molecule has 0 radical (unpaired) electrons. The molecule has 0 amide bonds. The lowest BCUT2D eigenvalue weighted by atomic mass is 9.69. The smallest absolute Gasteiger partial charge is 0.0177 e. The van der Waals surface area contributed by atoms with Crippen LogP contribution in [0, 0.1) is 22.2 Å². The predicted molar refractivity (Wildman–Crippen MR) is 116 cm³/mol. The second-order valence-electron chi connectivity index (χ2n) is 13.5. The van der Waals surface area contributed by atoms with E-state index in [0.29, 0.717) is 22.8 Å². The van der Waals surface area contributed by atoms with Crippen molar-refractivity contribution in [3.8, 4) is 0 Å². The standard InChI is InChI=1S/C24H51N/c1-18(2)19(22(9,10)11)25(23(12,13)16-20(3,4)5)24(14,15)17-21(6,7)8/h18-19H,16-17H2,1-15H3. The second kappa shape index (κ2) is 7.53. The van der Waals surface area contributed by atoms with Gasteiger partial charge in [-0.1, -0.05) is 76.2 Å². The van der Waals surface area contributed by atoms with Crippen LogP contribution in [0.25, 0.3) is 0 Å². The van der Waals surface area contributed by atoms with Gasteiger partial charge in [0.2, 0.25) is 0 Å². The van der Waals surface area contributed by atoms with Gasteiger partial charge in [0.15, 0.2) is 0 Å². The molecule has 0 aromatic heterocycles. The van der Waals surface area contributed by atoms with E-state index in [9.17, 15) is 0 Å². The molecule has 25 heavy (non-hydrogen) atoms. The van der Waals surface area contributed by atoms with Crippen molar-refractivity contribution in [2.24, 2.45) is 22.2 Å². The van der Waals surface area contributed by atoms with Crippen molar-refractivity contribution in [3.05, 3.63) is 0 Å². The summed E-state index contributed by atoms with van der Waals surface area (Å²) in [5.41, 5.74) is 1.18. The molecule has 0 fully saturated rings. The van der Waals surface area contributed by atoms with Crippen LogP contribution in [0.15, 0.2) is 0 Å². The van der Waals surface area contributed by atoms with Crippen molar-refractivity contribution < 1.29 is 0 Å². The van der Waals surface area contributed by atoms with Gasteiger partial charge < -0.3 is 0 Å². The summed E-state index contributed by atoms with van der Waals surface area (Å²) in [5.74, 6) is 0.624. The Morgan fingerprint density at radius 3 is 1.00 bits per heavy atom. The summed E-state index contributed by atoms with van der Waals surface area (Å²) in [4.78, 5) is 2.90. The molecule has 152 valence electrons. The summed E-state index contributed by atoms with van der Waals surface area (Å²) in [6.07, 6.45) is 2.40. The first-order valence-electron chi connectivity index (χ1n) is 10.4. The molecular formula is C24H51N. The highest BCUT2D eigenvalue weighted by molar-refractivity contribution is 5.03. The second-order valence-corrected chi connectivity index (χ2v) is 13.5. The third-order valence-electron chi connectivity index (χ3n) is 5.03. The van der Waals surface area contributed by atoms with Gasteiger partial charge in [0.1, 0.15) is 0 Å². The first-order chi connectivity index (χ1) is 10.6. The molecule has 0 aliphatic heterocycles. The Bertz CT molecular complexity index is 379. The Labute approximate surface area is 161 Å². The molecule has 0 aliphatic carbocycles. The summed E-state index contributed by atoms with van der Waals surface area (Å²) in [6, 6.07) is 0.544. The van der Waals surface area contributed by atoms with Gasteiger partial charge in [-0.3, -0.25) is 4.90 Å². The number of hydrogen-bond donors (Lipinski definition) is 0. The van der Waals surface area contributed by atoms with Crippen molar-refractivity contribution in [1.82, 2.24) is 4.90 Å². The van der Waals surface area contributed by atoms with E-state index < -0.39 is 0 Å². The van der Waals surface area contributed by atoms with Crippen LogP contribution >= 0.6 is 0 Å². The monoisotopic (exact) mass is 353 g/mol. The molecule has 0 saturated heterocycles. The van der Waals surface area contributed by atoms with Crippen LogP contribution in [0.2, 0.25) is 0 Å². The van der Waals surface area contributed by atoms with Gasteiger partial charge in [0.25, 0.3) is 0 Å². The van der Waals surface area contributed by atoms with E-state index in [1.165, 1.54) is 12.8 Å². The molecule has 0 saturated carbocycles. The van der Waals surface area contributed by atoms with Gasteiger partial charge in [-0.25, -0.2) is 0 Å². The zero-order valence-electron chi connectivity index (χ0n) is 20.5. The molecule has 0 N–H and O–H groups in total. The Hall–Kier alpha value is -0.0400. The minimum atomic E-state index is 0.148. The summed E-state index contributed by atoms with van der Waals surface area (Å²) in [6.45, 7) is 36.3. The highest BCUT2D eigenvalue weighted by atomic mass is 15.3. The Kier molecular flexibility index (Phi) is 7.52. The molecule has 0 rings (SSSR count). The summed E-state index contributed by atoms with van der Waals surface area (Å²) >= 11 is 0. The van der Waals surface area contributed by atoms with Crippen LogP contribution in [0.4, 0.5) is 0 Å². The van der Waals surface area contributed by atoms with E-state index in [1.807, 2.05) is 0 Å². The molecule has 0 aromatic rings. The van der Waals surface area contributed by atoms with E-state index in [1.54, 1.807) is 0 Å². The third-order valence-corrected chi connectivity index (χ3v) is 5.03. The highest BCUT2D eigenvalue weighted by Crippen LogP contribution is 2.46. The first-order valence-corrected chi connectivity index (χ1v) is 10.4. The SMILES string of the molecule is CC(C)C(N(C(C)(C)CC(C)(C)C)C(C)(C)CC(C)(C)C)C(C)(C)C. The predicted octanol–water partition coefficient (Wildman–Crippen LogP) is 7.79. The van der Waals surface area contributed by atoms with Crippen LogP contribution in [0.1, 0.15) is 117 Å². The maximum Gasteiger partial charge on any atom is 0.0177 e. The van der Waals surface area contributed by atoms with Crippen molar-refractivity contribution >= 4 is 0 Å². The zero-order valence-corrected chi connectivity index (χ0v) is 20.5. The third kappa shape index (κ3) is 8.02. The molecule has 0 heterocycles. The van der Waals surface area contributed by atoms with Crippen LogP contribution in [-0.4, -0.2) is 22.0 Å². The zero-order chi connectivity index (χ0) is 20.6. The summed E-state index contributed by atoms with van der Waals surface area (Å²) < 4.78 is 0. The van der Waals surface area contributed by atoms with Crippen molar-refractivity contribution in [2.45, 2.75) is 134 Å². The van der Waals surface area contributed by atoms with Crippen LogP contribution in [0.3, 0.4) is 0 Å². The lowest BCUT2D eigenvalue weighted by Gasteiger charge is -2.59. The van der Waals surface area contributed by atoms with E-state index >= 15 is 0 Å². The van der Waals surface area contributed by atoms with Crippen LogP contribution in [-0.2, 0) is 0 Å². The van der Waals surface area contributed by atoms with E-state index in [2.05, 4.69) is 109 Å². The van der Waals surface area contributed by atoms with Gasteiger partial charge in [-0.05, 0) is 62.7 Å². The van der Waals surface area contributed by atoms with Gasteiger partial charge in [0, 0.05) is 17.1 Å². The van der Waals surface area contributed by atoms with Gasteiger partial charge >= 0.3 is 0 Å². The van der Waals surface area contributed by atoms with E-state index in [-0.39, 0.29) is 16.5 Å². The largest absolute Gasteiger partial charge is 0.289 e. The Balaban J connectivity index is 6.31. The van der Waals surface area contributed by atoms with Gasteiger partial charge in [0.05, 0.1) is 0 Å². The summed E-state index contributed by atoms with van der Waals surface area (Å²) in [5, 5.41) is 0. The lowest BCUT2D eigenvalue weighted by molar-refractivity contribution is -0.103. The quantitative estimate of drug-likeness (QED) is 0.471. The molecule has 0 aliphatic rings. The topological polar surface area (TPSA) is 3.24 Å². The van der Waals surface area contributed by atoms with Crippen molar-refractivity contribution in [3.63, 3.8) is 0 Å². The van der Waals surface area contributed by atoms with Crippen molar-refractivity contribution in [2.75, 3.05) is 0 Å². The molecular weight excluding hydrogens is 302 g/mol. The highest BCUT2D eigenvalue weighted by Gasteiger charge is 2.48. The molecule has 0 aromatic carbocycles. The molecule has 1 unspecified atom stereocenters. The fraction of sp³-hybridized carbons (Fsp3) is 1.00. The molecule has 1 nitrogen and oxygen atoms in total. The molecule has 1 atom stereocenters. The molecule has 0 bridgehead atoms. The lowest BCUT2D eigenvalue weighted by Crippen LogP contribution is -2.65.